The molecule has 0 atom stereocenters. The van der Waals surface area contributed by atoms with Crippen molar-refractivity contribution in [2.75, 3.05) is 6.61 Å². The Bertz CT molecular complexity index is 1800. The molecule has 6 rings (SSSR count). The fourth-order valence-corrected chi connectivity index (χ4v) is 5.00. The second-order valence-corrected chi connectivity index (χ2v) is 9.15. The number of hydrogen-bond donors (Lipinski definition) is 1. The number of aromatic nitrogens is 4. The van der Waals surface area contributed by atoms with Crippen LogP contribution in [0.5, 0.6) is 0 Å². The molecule has 3 aromatic carbocycles. The number of aliphatic hydroxyl groups excluding tert-OH is 1. The van der Waals surface area contributed by atoms with Gasteiger partial charge in [0, 0.05) is 41.5 Å². The normalized spacial score (nSPS) is 11.1. The van der Waals surface area contributed by atoms with Crippen molar-refractivity contribution in [1.82, 2.24) is 19.3 Å². The van der Waals surface area contributed by atoms with Gasteiger partial charge in [0.2, 0.25) is 0 Å². The second kappa shape index (κ2) is 10.4. The van der Waals surface area contributed by atoms with E-state index in [9.17, 15) is 14.8 Å². The van der Waals surface area contributed by atoms with Gasteiger partial charge in [-0.2, -0.15) is 10.4 Å². The molecule has 0 saturated carbocycles. The van der Waals surface area contributed by atoms with Crippen LogP contribution in [0.4, 0.5) is 4.39 Å². The molecule has 0 fully saturated rings. The summed E-state index contributed by atoms with van der Waals surface area (Å²) in [5, 5.41) is 25.4. The van der Waals surface area contributed by atoms with E-state index in [1.165, 1.54) is 12.1 Å². The summed E-state index contributed by atoms with van der Waals surface area (Å²) in [7, 11) is 0. The molecule has 0 aliphatic rings. The van der Waals surface area contributed by atoms with E-state index in [1.807, 2.05) is 54.6 Å². The van der Waals surface area contributed by atoms with Crippen LogP contribution >= 0.6 is 0 Å². The van der Waals surface area contributed by atoms with Gasteiger partial charge in [-0.25, -0.2) is 9.37 Å². The zero-order valence-electron chi connectivity index (χ0n) is 21.0. The summed E-state index contributed by atoms with van der Waals surface area (Å²) < 4.78 is 17.6. The van der Waals surface area contributed by atoms with Crippen molar-refractivity contribution in [3.05, 3.63) is 115 Å². The fourth-order valence-electron chi connectivity index (χ4n) is 5.00. The summed E-state index contributed by atoms with van der Waals surface area (Å²) in [5.74, 6) is -0.356. The van der Waals surface area contributed by atoms with E-state index >= 15 is 0 Å². The average Bonchev–Trinajstić information content (AvgIpc) is 3.56. The minimum atomic E-state index is -0.356. The van der Waals surface area contributed by atoms with Crippen LogP contribution in [-0.4, -0.2) is 31.0 Å². The molecule has 6 nitrogen and oxygen atoms in total. The molecule has 0 saturated heterocycles. The first-order chi connectivity index (χ1) is 19.2. The summed E-state index contributed by atoms with van der Waals surface area (Å²) in [6.45, 7) is 0.355. The third kappa shape index (κ3) is 4.37. The molecule has 6 aromatic rings. The number of aryl methyl sites for hydroxylation is 1. The van der Waals surface area contributed by atoms with Crippen molar-refractivity contribution in [1.29, 1.82) is 5.26 Å². The monoisotopic (exact) mass is 513 g/mol. The van der Waals surface area contributed by atoms with E-state index in [2.05, 4.69) is 28.8 Å². The number of halogens is 1. The third-order valence-corrected chi connectivity index (χ3v) is 6.76. The number of hydrogen-bond acceptors (Lipinski definition) is 4. The highest BCUT2D eigenvalue weighted by atomic mass is 19.1. The molecule has 0 bridgehead atoms. The number of nitrogens with zero attached hydrogens (tertiary/aromatic N) is 5. The van der Waals surface area contributed by atoms with Crippen LogP contribution < -0.4 is 0 Å². The Kier molecular flexibility index (Phi) is 6.45. The lowest BCUT2D eigenvalue weighted by molar-refractivity contribution is 0.277. The highest BCUT2D eigenvalue weighted by molar-refractivity contribution is 6.00. The Balaban J connectivity index is 1.66. The number of benzene rings is 3. The van der Waals surface area contributed by atoms with Gasteiger partial charge in [0.15, 0.2) is 0 Å². The lowest BCUT2D eigenvalue weighted by Gasteiger charge is -2.11. The molecule has 0 spiro atoms. The Morgan fingerprint density at radius 1 is 0.872 bits per heavy atom. The lowest BCUT2D eigenvalue weighted by atomic mass is 9.98. The topological polar surface area (TPSA) is 79.7 Å². The third-order valence-electron chi connectivity index (χ3n) is 6.76. The first kappa shape index (κ1) is 24.3. The summed E-state index contributed by atoms with van der Waals surface area (Å²) in [5.41, 5.74) is 6.83. The van der Waals surface area contributed by atoms with Gasteiger partial charge in [0.05, 0.1) is 5.69 Å². The fraction of sp³-hybridized carbons (Fsp3) is 0.0938. The highest BCUT2D eigenvalue weighted by Gasteiger charge is 2.24. The minimum Gasteiger partial charge on any atom is -0.396 e. The van der Waals surface area contributed by atoms with Gasteiger partial charge in [0.25, 0.3) is 0 Å². The van der Waals surface area contributed by atoms with Crippen molar-refractivity contribution >= 4 is 11.0 Å². The Morgan fingerprint density at radius 2 is 1.59 bits per heavy atom. The van der Waals surface area contributed by atoms with Crippen molar-refractivity contribution < 1.29 is 9.50 Å². The molecule has 0 unspecified atom stereocenters. The molecule has 3 heterocycles. The number of rotatable bonds is 7. The molecular formula is C32H24FN5O. The van der Waals surface area contributed by atoms with E-state index in [1.54, 1.807) is 23.0 Å². The quantitative estimate of drug-likeness (QED) is 0.260. The molecule has 0 amide bonds. The Morgan fingerprint density at radius 3 is 2.28 bits per heavy atom. The predicted molar refractivity (Wildman–Crippen MR) is 150 cm³/mol. The molecule has 1 N–H and O–H groups in total. The standard InChI is InChI=1S/C32H24FN5O/c33-24-14-12-23(13-15-24)30-29(21-34)37(18-7-19-39)36-31(30)26-16-17-35-32-27(26)20-28(22-8-3-1-4-9-22)38(32)25-10-5-2-6-11-25/h1-6,8-17,20,39H,7,18-19H2. The first-order valence-corrected chi connectivity index (χ1v) is 12.7. The SMILES string of the molecule is N#Cc1c(-c2ccc(F)cc2)c(-c2ccnc3c2cc(-c2ccccc2)n3-c2ccccc2)nn1CCCO. The highest BCUT2D eigenvalue weighted by Crippen LogP contribution is 2.40. The van der Waals surface area contributed by atoms with Gasteiger partial charge in [-0.15, -0.1) is 0 Å². The van der Waals surface area contributed by atoms with Crippen molar-refractivity contribution in [3.8, 4) is 45.4 Å². The van der Waals surface area contributed by atoms with Crippen LogP contribution in [0.15, 0.2) is 103 Å². The van der Waals surface area contributed by atoms with E-state index in [0.29, 0.717) is 35.5 Å². The zero-order chi connectivity index (χ0) is 26.8. The van der Waals surface area contributed by atoms with Crippen LogP contribution in [0.25, 0.3) is 50.4 Å². The van der Waals surface area contributed by atoms with Gasteiger partial charge >= 0.3 is 0 Å². The first-order valence-electron chi connectivity index (χ1n) is 12.7. The Labute approximate surface area is 224 Å². The number of fused-ring (bicyclic) bond motifs is 1. The van der Waals surface area contributed by atoms with Crippen LogP contribution in [-0.2, 0) is 6.54 Å². The summed E-state index contributed by atoms with van der Waals surface area (Å²) >= 11 is 0. The molecule has 0 aliphatic carbocycles. The maximum absolute atomic E-state index is 13.8. The minimum absolute atomic E-state index is 0.0220. The van der Waals surface area contributed by atoms with Gasteiger partial charge in [0.1, 0.15) is 28.9 Å². The second-order valence-electron chi connectivity index (χ2n) is 9.15. The van der Waals surface area contributed by atoms with E-state index in [0.717, 1.165) is 33.5 Å². The number of para-hydroxylation sites is 1. The smallest absolute Gasteiger partial charge is 0.146 e. The van der Waals surface area contributed by atoms with E-state index < -0.39 is 0 Å². The van der Waals surface area contributed by atoms with E-state index in [-0.39, 0.29) is 12.4 Å². The zero-order valence-corrected chi connectivity index (χ0v) is 21.0. The van der Waals surface area contributed by atoms with E-state index in [4.69, 9.17) is 10.1 Å². The maximum atomic E-state index is 13.8. The number of pyridine rings is 1. The summed E-state index contributed by atoms with van der Waals surface area (Å²) in [6.07, 6.45) is 2.20. The van der Waals surface area contributed by atoms with Gasteiger partial charge in [-0.3, -0.25) is 9.25 Å². The number of nitriles is 1. The summed E-state index contributed by atoms with van der Waals surface area (Å²) in [6, 6.07) is 32.6. The molecule has 3 aromatic heterocycles. The Hall–Kier alpha value is -5.06. The van der Waals surface area contributed by atoms with Gasteiger partial charge < -0.3 is 5.11 Å². The van der Waals surface area contributed by atoms with Crippen molar-refractivity contribution in [2.24, 2.45) is 0 Å². The van der Waals surface area contributed by atoms with Crippen molar-refractivity contribution in [3.63, 3.8) is 0 Å². The van der Waals surface area contributed by atoms with Gasteiger partial charge in [-0.05, 0) is 53.9 Å². The molecular weight excluding hydrogens is 489 g/mol. The lowest BCUT2D eigenvalue weighted by Crippen LogP contribution is -2.04. The van der Waals surface area contributed by atoms with Crippen molar-refractivity contribution in [2.45, 2.75) is 13.0 Å². The average molecular weight is 514 g/mol. The largest absolute Gasteiger partial charge is 0.396 e. The van der Waals surface area contributed by atoms with Crippen LogP contribution in [0.1, 0.15) is 12.1 Å². The van der Waals surface area contributed by atoms with Crippen LogP contribution in [0.2, 0.25) is 0 Å². The number of aliphatic hydroxyl groups is 1. The molecule has 0 aliphatic heterocycles. The van der Waals surface area contributed by atoms with Crippen LogP contribution in [0, 0.1) is 17.1 Å². The van der Waals surface area contributed by atoms with Crippen LogP contribution in [0.3, 0.4) is 0 Å². The molecule has 0 radical (unpaired) electrons. The molecule has 190 valence electrons. The van der Waals surface area contributed by atoms with Gasteiger partial charge in [-0.1, -0.05) is 60.7 Å². The predicted octanol–water partition coefficient (Wildman–Crippen LogP) is 6.62. The molecule has 39 heavy (non-hydrogen) atoms. The maximum Gasteiger partial charge on any atom is 0.146 e. The summed E-state index contributed by atoms with van der Waals surface area (Å²) in [4.78, 5) is 4.78. The molecule has 7 heteroatoms.